The van der Waals surface area contributed by atoms with Crippen molar-refractivity contribution in [3.05, 3.63) is 0 Å². The van der Waals surface area contributed by atoms with Crippen LogP contribution in [0.5, 0.6) is 0 Å². The first-order valence-corrected chi connectivity index (χ1v) is 4.52. The molecule has 0 aliphatic carbocycles. The molecule has 0 saturated heterocycles. The molecule has 0 heterocycles. The number of amides is 1. The summed E-state index contributed by atoms with van der Waals surface area (Å²) in [7, 11) is -4.68. The van der Waals surface area contributed by atoms with E-state index in [1.54, 1.807) is 0 Å². The van der Waals surface area contributed by atoms with Crippen molar-refractivity contribution >= 4 is 20.0 Å². The fraction of sp³-hybridized carbons (Fsp3) is 0.500. The van der Waals surface area contributed by atoms with Crippen molar-refractivity contribution in [3.63, 3.8) is 0 Å². The van der Waals surface area contributed by atoms with Crippen molar-refractivity contribution in [2.75, 3.05) is 6.54 Å². The van der Waals surface area contributed by atoms with Crippen LogP contribution >= 0.6 is 7.60 Å². The molecule has 7 nitrogen and oxygen atoms in total. The first-order valence-electron chi connectivity index (χ1n) is 2.84. The molecule has 12 heavy (non-hydrogen) atoms. The number of carboxylic acid groups (broad SMARTS) is 1. The Morgan fingerprint density at radius 3 is 2.33 bits per heavy atom. The second-order valence-electron chi connectivity index (χ2n) is 1.97. The van der Waals surface area contributed by atoms with Gasteiger partial charge in [0, 0.05) is 6.54 Å². The molecule has 0 fully saturated rings. The zero-order chi connectivity index (χ0) is 9.78. The van der Waals surface area contributed by atoms with Gasteiger partial charge >= 0.3 is 13.6 Å². The molecule has 0 aliphatic heterocycles. The minimum atomic E-state index is -4.68. The molecule has 8 heteroatoms. The van der Waals surface area contributed by atoms with Gasteiger partial charge in [0.05, 0.1) is 0 Å². The lowest BCUT2D eigenvalue weighted by Gasteiger charge is -2.12. The third-order valence-electron chi connectivity index (χ3n) is 1.09. The second-order valence-corrected chi connectivity index (χ2v) is 3.77. The summed E-state index contributed by atoms with van der Waals surface area (Å²) < 4.78 is 10.4. The summed E-state index contributed by atoms with van der Waals surface area (Å²) in [5, 5.41) is 10.2. The summed E-state index contributed by atoms with van der Waals surface area (Å²) in [4.78, 5) is 36.8. The molecular formula is C4H8NO6P. The lowest BCUT2D eigenvalue weighted by atomic mass is 10.4. The number of nitrogens with one attached hydrogen (secondary N) is 1. The third kappa shape index (κ3) is 3.47. The Morgan fingerprint density at radius 1 is 1.58 bits per heavy atom. The van der Waals surface area contributed by atoms with Crippen molar-refractivity contribution in [3.8, 4) is 0 Å². The summed E-state index contributed by atoms with van der Waals surface area (Å²) in [5.41, 5.74) is -1.87. The molecule has 0 radical (unpaired) electrons. The van der Waals surface area contributed by atoms with Gasteiger partial charge in [0.25, 0.3) is 0 Å². The largest absolute Gasteiger partial charge is 0.481 e. The second kappa shape index (κ2) is 4.20. The minimum Gasteiger partial charge on any atom is -0.481 e. The van der Waals surface area contributed by atoms with E-state index in [9.17, 15) is 14.2 Å². The standard InChI is InChI=1S/C4H8NO6P/c6-2-5-1-3(4(7)8)12(9,10)11/h2-3H,1H2,(H,5,6)(H,7,8)(H2,9,10,11). The molecule has 0 aromatic carbocycles. The number of carboxylic acids is 1. The van der Waals surface area contributed by atoms with Crippen LogP contribution in [0, 0.1) is 0 Å². The van der Waals surface area contributed by atoms with Gasteiger partial charge in [0.1, 0.15) is 0 Å². The van der Waals surface area contributed by atoms with Crippen LogP contribution in [-0.2, 0) is 14.2 Å². The molecule has 0 aromatic heterocycles. The van der Waals surface area contributed by atoms with Crippen molar-refractivity contribution in [1.29, 1.82) is 0 Å². The fourth-order valence-electron chi connectivity index (χ4n) is 0.510. The molecular weight excluding hydrogens is 189 g/mol. The molecule has 0 aliphatic rings. The molecule has 0 saturated carbocycles. The van der Waals surface area contributed by atoms with E-state index in [4.69, 9.17) is 14.9 Å². The van der Waals surface area contributed by atoms with Gasteiger partial charge in [0.2, 0.25) is 6.41 Å². The van der Waals surface area contributed by atoms with Gasteiger partial charge in [0.15, 0.2) is 5.66 Å². The normalized spacial score (nSPS) is 13.5. The van der Waals surface area contributed by atoms with E-state index in [-0.39, 0.29) is 6.41 Å². The quantitative estimate of drug-likeness (QED) is 0.309. The molecule has 1 atom stereocenters. The van der Waals surface area contributed by atoms with E-state index >= 15 is 0 Å². The van der Waals surface area contributed by atoms with Gasteiger partial charge in [-0.15, -0.1) is 0 Å². The van der Waals surface area contributed by atoms with Gasteiger partial charge in [-0.3, -0.25) is 14.2 Å². The molecule has 1 amide bonds. The lowest BCUT2D eigenvalue weighted by molar-refractivity contribution is -0.136. The van der Waals surface area contributed by atoms with Crippen molar-refractivity contribution in [2.24, 2.45) is 0 Å². The average molecular weight is 197 g/mol. The van der Waals surface area contributed by atoms with Crippen molar-refractivity contribution in [1.82, 2.24) is 5.32 Å². The predicted molar refractivity (Wildman–Crippen MR) is 37.5 cm³/mol. The number of rotatable bonds is 5. The molecule has 0 aromatic rings. The number of aliphatic carboxylic acids is 1. The maximum absolute atomic E-state index is 10.4. The molecule has 0 rings (SSSR count). The highest BCUT2D eigenvalue weighted by Crippen LogP contribution is 2.40. The minimum absolute atomic E-state index is 0.172. The zero-order valence-electron chi connectivity index (χ0n) is 5.88. The maximum atomic E-state index is 10.4. The van der Waals surface area contributed by atoms with E-state index < -0.39 is 25.8 Å². The molecule has 0 spiro atoms. The number of hydrogen-bond donors (Lipinski definition) is 4. The molecule has 4 N–H and O–H groups in total. The van der Waals surface area contributed by atoms with Crippen molar-refractivity contribution in [2.45, 2.75) is 5.66 Å². The first kappa shape index (κ1) is 11.1. The highest BCUT2D eigenvalue weighted by atomic mass is 31.2. The zero-order valence-corrected chi connectivity index (χ0v) is 6.77. The highest BCUT2D eigenvalue weighted by molar-refractivity contribution is 7.53. The Hall–Kier alpha value is -0.910. The number of hydrogen-bond acceptors (Lipinski definition) is 3. The number of carbonyl (C=O) groups is 2. The predicted octanol–water partition coefficient (Wildman–Crippen LogP) is -1.64. The topological polar surface area (TPSA) is 124 Å². The van der Waals surface area contributed by atoms with Crippen LogP contribution < -0.4 is 5.32 Å². The Bertz CT molecular complexity index is 222. The van der Waals surface area contributed by atoms with E-state index in [1.807, 2.05) is 5.32 Å². The van der Waals surface area contributed by atoms with Crippen LogP contribution in [-0.4, -0.2) is 39.5 Å². The van der Waals surface area contributed by atoms with E-state index in [0.717, 1.165) is 0 Å². The average Bonchev–Trinajstić information content (AvgIpc) is 1.84. The van der Waals surface area contributed by atoms with E-state index in [0.29, 0.717) is 0 Å². The first-order chi connectivity index (χ1) is 5.39. The SMILES string of the molecule is O=CNCC(C(=O)O)P(=O)(O)O. The van der Waals surface area contributed by atoms with Crippen LogP contribution in [0.2, 0.25) is 0 Å². The molecule has 0 bridgehead atoms. The van der Waals surface area contributed by atoms with Gasteiger partial charge in [-0.1, -0.05) is 0 Å². The van der Waals surface area contributed by atoms with E-state index in [2.05, 4.69) is 0 Å². The van der Waals surface area contributed by atoms with Crippen LogP contribution in [0.15, 0.2) is 0 Å². The van der Waals surface area contributed by atoms with Crippen LogP contribution in [0.25, 0.3) is 0 Å². The fourth-order valence-corrected chi connectivity index (χ4v) is 1.14. The summed E-state index contributed by atoms with van der Waals surface area (Å²) >= 11 is 0. The van der Waals surface area contributed by atoms with E-state index in [1.165, 1.54) is 0 Å². The summed E-state index contributed by atoms with van der Waals surface area (Å²) in [5.74, 6) is -1.64. The third-order valence-corrected chi connectivity index (χ3v) is 2.30. The smallest absolute Gasteiger partial charge is 0.341 e. The van der Waals surface area contributed by atoms with Gasteiger partial charge < -0.3 is 20.2 Å². The summed E-state index contributed by atoms with van der Waals surface area (Å²) in [6, 6.07) is 0. The summed E-state index contributed by atoms with van der Waals surface area (Å²) in [6.07, 6.45) is 0.172. The highest BCUT2D eigenvalue weighted by Gasteiger charge is 2.35. The monoisotopic (exact) mass is 197 g/mol. The van der Waals surface area contributed by atoms with Gasteiger partial charge in [-0.25, -0.2) is 0 Å². The van der Waals surface area contributed by atoms with Gasteiger partial charge in [-0.2, -0.15) is 0 Å². The Labute approximate surface area is 67.6 Å². The van der Waals surface area contributed by atoms with Crippen LogP contribution in [0.4, 0.5) is 0 Å². The van der Waals surface area contributed by atoms with Gasteiger partial charge in [-0.05, 0) is 0 Å². The maximum Gasteiger partial charge on any atom is 0.341 e. The Kier molecular flexibility index (Phi) is 3.88. The Balaban J connectivity index is 4.35. The van der Waals surface area contributed by atoms with Crippen LogP contribution in [0.1, 0.15) is 0 Å². The lowest BCUT2D eigenvalue weighted by Crippen LogP contribution is -2.32. The molecule has 70 valence electrons. The van der Waals surface area contributed by atoms with Crippen molar-refractivity contribution < 1.29 is 29.0 Å². The molecule has 1 unspecified atom stereocenters. The Morgan fingerprint density at radius 2 is 2.08 bits per heavy atom. The number of carbonyl (C=O) groups excluding carboxylic acids is 1. The van der Waals surface area contributed by atoms with Crippen LogP contribution in [0.3, 0.4) is 0 Å². The summed E-state index contributed by atoms with van der Waals surface area (Å²) in [6.45, 7) is -0.580.